The molecule has 0 aliphatic carbocycles. The predicted octanol–water partition coefficient (Wildman–Crippen LogP) is 2.40. The molecule has 4 heteroatoms. The summed E-state index contributed by atoms with van der Waals surface area (Å²) in [4.78, 5) is 11.1. The van der Waals surface area contributed by atoms with E-state index >= 15 is 0 Å². The van der Waals surface area contributed by atoms with Gasteiger partial charge in [-0.25, -0.2) is 4.98 Å². The summed E-state index contributed by atoms with van der Waals surface area (Å²) in [7, 11) is 0. The Kier molecular flexibility index (Phi) is 4.11. The second kappa shape index (κ2) is 6.18. The van der Waals surface area contributed by atoms with Crippen LogP contribution in [0.15, 0.2) is 43.1 Å². The number of piperidine rings is 1. The molecular weight excluding hydrogens is 248 g/mol. The molecule has 1 aliphatic heterocycles. The van der Waals surface area contributed by atoms with Crippen molar-refractivity contribution >= 4 is 0 Å². The lowest BCUT2D eigenvalue weighted by molar-refractivity contribution is 0.133. The third-order valence-corrected chi connectivity index (χ3v) is 4.32. The number of imidazole rings is 1. The van der Waals surface area contributed by atoms with E-state index in [9.17, 15) is 0 Å². The van der Waals surface area contributed by atoms with Crippen LogP contribution in [-0.2, 0) is 6.42 Å². The van der Waals surface area contributed by atoms with Gasteiger partial charge in [0.1, 0.15) is 0 Å². The minimum atomic E-state index is 0.551. The van der Waals surface area contributed by atoms with Gasteiger partial charge in [0.15, 0.2) is 0 Å². The van der Waals surface area contributed by atoms with Crippen molar-refractivity contribution in [3.8, 4) is 0 Å². The van der Waals surface area contributed by atoms with Crippen molar-refractivity contribution in [2.45, 2.75) is 25.8 Å². The minimum absolute atomic E-state index is 0.551. The molecule has 106 valence electrons. The Bertz CT molecular complexity index is 509. The fourth-order valence-electron chi connectivity index (χ4n) is 2.99. The zero-order valence-electron chi connectivity index (χ0n) is 12.0. The average Bonchev–Trinajstić information content (AvgIpc) is 3.01. The molecule has 0 bridgehead atoms. The van der Waals surface area contributed by atoms with Gasteiger partial charge in [0.25, 0.3) is 0 Å². The van der Waals surface area contributed by atoms with E-state index in [-0.39, 0.29) is 0 Å². The summed E-state index contributed by atoms with van der Waals surface area (Å²) in [5, 5.41) is 0. The van der Waals surface area contributed by atoms with Crippen LogP contribution in [0.1, 0.15) is 25.1 Å². The Hall–Kier alpha value is -1.68. The zero-order chi connectivity index (χ0) is 13.8. The molecule has 0 unspecified atom stereocenters. The van der Waals surface area contributed by atoms with Crippen molar-refractivity contribution in [1.82, 2.24) is 19.4 Å². The van der Waals surface area contributed by atoms with E-state index in [0.717, 1.165) is 25.4 Å². The first kappa shape index (κ1) is 13.3. The number of likely N-dealkylation sites (tertiary alicyclic amines) is 1. The highest BCUT2D eigenvalue weighted by Gasteiger charge is 2.26. The van der Waals surface area contributed by atoms with Gasteiger partial charge in [-0.3, -0.25) is 4.98 Å². The molecule has 0 spiro atoms. The fraction of sp³-hybridized carbons (Fsp3) is 0.500. The van der Waals surface area contributed by atoms with Crippen molar-refractivity contribution in [2.75, 3.05) is 19.6 Å². The number of pyridine rings is 1. The number of nitrogens with zero attached hydrogens (tertiary/aromatic N) is 4. The normalized spacial score (nSPS) is 23.9. The van der Waals surface area contributed by atoms with Crippen LogP contribution >= 0.6 is 0 Å². The van der Waals surface area contributed by atoms with Gasteiger partial charge in [0, 0.05) is 49.8 Å². The topological polar surface area (TPSA) is 34.0 Å². The summed E-state index contributed by atoms with van der Waals surface area (Å²) in [6.07, 6.45) is 10.1. The Labute approximate surface area is 120 Å². The van der Waals surface area contributed by atoms with Crippen LogP contribution in [0.25, 0.3) is 0 Å². The molecule has 1 saturated heterocycles. The van der Waals surface area contributed by atoms with Gasteiger partial charge in [-0.05, 0) is 31.0 Å². The summed E-state index contributed by atoms with van der Waals surface area (Å²) in [5.74, 6) is 0.718. The van der Waals surface area contributed by atoms with E-state index < -0.39 is 0 Å². The summed E-state index contributed by atoms with van der Waals surface area (Å²) >= 11 is 0. The quantitative estimate of drug-likeness (QED) is 0.855. The minimum Gasteiger partial charge on any atom is -0.333 e. The molecule has 2 atom stereocenters. The van der Waals surface area contributed by atoms with Crippen LogP contribution in [0.5, 0.6) is 0 Å². The van der Waals surface area contributed by atoms with Crippen LogP contribution in [0.4, 0.5) is 0 Å². The molecule has 20 heavy (non-hydrogen) atoms. The molecule has 3 rings (SSSR count). The van der Waals surface area contributed by atoms with Gasteiger partial charge in [0.2, 0.25) is 0 Å². The third kappa shape index (κ3) is 3.07. The molecule has 4 nitrogen and oxygen atoms in total. The van der Waals surface area contributed by atoms with E-state index in [1.54, 1.807) is 0 Å². The van der Waals surface area contributed by atoms with E-state index in [4.69, 9.17) is 0 Å². The maximum atomic E-state index is 4.41. The standard InChI is InChI=1S/C16H22N4/c1-14-5-9-19(10-6-15-4-2-3-7-18-15)12-16(14)20-11-8-17-13-20/h2-4,7-8,11,13-14,16H,5-6,9-10,12H2,1H3/t14-,16+/m1/s1. The van der Waals surface area contributed by atoms with Gasteiger partial charge in [-0.15, -0.1) is 0 Å². The molecule has 0 radical (unpaired) electrons. The van der Waals surface area contributed by atoms with E-state index in [2.05, 4.69) is 44.7 Å². The van der Waals surface area contributed by atoms with E-state index in [0.29, 0.717) is 6.04 Å². The van der Waals surface area contributed by atoms with Gasteiger partial charge in [-0.2, -0.15) is 0 Å². The lowest BCUT2D eigenvalue weighted by atomic mass is 9.93. The number of hydrogen-bond acceptors (Lipinski definition) is 3. The molecule has 0 amide bonds. The van der Waals surface area contributed by atoms with Crippen molar-refractivity contribution in [3.05, 3.63) is 48.8 Å². The Morgan fingerprint density at radius 3 is 3.00 bits per heavy atom. The Balaban J connectivity index is 1.58. The highest BCUT2D eigenvalue weighted by Crippen LogP contribution is 2.27. The summed E-state index contributed by atoms with van der Waals surface area (Å²) in [6.45, 7) is 5.75. The summed E-state index contributed by atoms with van der Waals surface area (Å²) in [5.41, 5.74) is 1.19. The van der Waals surface area contributed by atoms with Crippen molar-refractivity contribution in [3.63, 3.8) is 0 Å². The largest absolute Gasteiger partial charge is 0.333 e. The molecule has 0 aromatic carbocycles. The molecule has 2 aromatic rings. The van der Waals surface area contributed by atoms with Crippen LogP contribution < -0.4 is 0 Å². The lowest BCUT2D eigenvalue weighted by Gasteiger charge is -2.37. The summed E-state index contributed by atoms with van der Waals surface area (Å²) < 4.78 is 2.26. The fourth-order valence-corrected chi connectivity index (χ4v) is 2.99. The van der Waals surface area contributed by atoms with Gasteiger partial charge in [0.05, 0.1) is 6.33 Å². The van der Waals surface area contributed by atoms with Crippen molar-refractivity contribution in [1.29, 1.82) is 0 Å². The molecule has 0 saturated carbocycles. The van der Waals surface area contributed by atoms with Crippen molar-refractivity contribution < 1.29 is 0 Å². The Morgan fingerprint density at radius 1 is 1.30 bits per heavy atom. The summed E-state index contributed by atoms with van der Waals surface area (Å²) in [6, 6.07) is 6.70. The first-order chi connectivity index (χ1) is 9.83. The van der Waals surface area contributed by atoms with E-state index in [1.807, 2.05) is 24.8 Å². The molecule has 2 aromatic heterocycles. The molecule has 3 heterocycles. The smallest absolute Gasteiger partial charge is 0.0949 e. The lowest BCUT2D eigenvalue weighted by Crippen LogP contribution is -2.41. The zero-order valence-corrected chi connectivity index (χ0v) is 12.0. The van der Waals surface area contributed by atoms with Gasteiger partial charge >= 0.3 is 0 Å². The molecule has 1 fully saturated rings. The van der Waals surface area contributed by atoms with Crippen LogP contribution in [-0.4, -0.2) is 39.1 Å². The second-order valence-electron chi connectivity index (χ2n) is 5.71. The number of hydrogen-bond donors (Lipinski definition) is 0. The third-order valence-electron chi connectivity index (χ3n) is 4.32. The first-order valence-corrected chi connectivity index (χ1v) is 7.42. The van der Waals surface area contributed by atoms with Crippen LogP contribution in [0.2, 0.25) is 0 Å². The maximum absolute atomic E-state index is 4.41. The predicted molar refractivity (Wildman–Crippen MR) is 79.4 cm³/mol. The van der Waals surface area contributed by atoms with Crippen molar-refractivity contribution in [2.24, 2.45) is 5.92 Å². The van der Waals surface area contributed by atoms with Crippen LogP contribution in [0, 0.1) is 5.92 Å². The van der Waals surface area contributed by atoms with E-state index in [1.165, 1.54) is 18.7 Å². The highest BCUT2D eigenvalue weighted by atomic mass is 15.2. The average molecular weight is 270 g/mol. The monoisotopic (exact) mass is 270 g/mol. The van der Waals surface area contributed by atoms with Gasteiger partial charge in [-0.1, -0.05) is 13.0 Å². The van der Waals surface area contributed by atoms with Gasteiger partial charge < -0.3 is 9.47 Å². The maximum Gasteiger partial charge on any atom is 0.0949 e. The highest BCUT2D eigenvalue weighted by molar-refractivity contribution is 5.04. The Morgan fingerprint density at radius 2 is 2.25 bits per heavy atom. The number of aromatic nitrogens is 3. The second-order valence-corrected chi connectivity index (χ2v) is 5.71. The SMILES string of the molecule is C[C@@H]1CCN(CCc2ccccn2)C[C@@H]1n1ccnc1. The molecule has 0 N–H and O–H groups in total. The molecular formula is C16H22N4. The number of rotatable bonds is 4. The first-order valence-electron chi connectivity index (χ1n) is 7.42. The molecule has 1 aliphatic rings. The van der Waals surface area contributed by atoms with Crippen LogP contribution in [0.3, 0.4) is 0 Å².